The lowest BCUT2D eigenvalue weighted by Crippen LogP contribution is -1.99. The van der Waals surface area contributed by atoms with Crippen molar-refractivity contribution in [2.45, 2.75) is 5.82 Å². The number of carbonyl (C=O) groups excluding carboxylic acids is 1. The highest BCUT2D eigenvalue weighted by Crippen LogP contribution is 2.36. The van der Waals surface area contributed by atoms with Crippen molar-refractivity contribution in [1.82, 2.24) is 0 Å². The topological polar surface area (TPSA) is 26.3 Å². The fraction of sp³-hybridized carbons (Fsp3) is 0.118. The van der Waals surface area contributed by atoms with Gasteiger partial charge in [-0.25, -0.2) is 0 Å². The zero-order chi connectivity index (χ0) is 14.1. The molecule has 98 valence electrons. The van der Waals surface area contributed by atoms with Gasteiger partial charge in [0, 0.05) is 11.1 Å². The molecule has 0 bridgehead atoms. The van der Waals surface area contributed by atoms with Crippen molar-refractivity contribution in [3.8, 4) is 5.75 Å². The summed E-state index contributed by atoms with van der Waals surface area (Å²) in [5, 5.41) is 0. The van der Waals surface area contributed by atoms with E-state index in [9.17, 15) is 4.79 Å². The van der Waals surface area contributed by atoms with Gasteiger partial charge in [0.15, 0.2) is 5.78 Å². The molecule has 1 unspecified atom stereocenters. The summed E-state index contributed by atoms with van der Waals surface area (Å²) in [5.74, 6) is 1.12. The molecule has 0 amide bonds. The zero-order valence-electron chi connectivity index (χ0n) is 11.6. The number of methoxy groups -OCH3 is 1. The molecule has 0 aliphatic heterocycles. The molecule has 3 rings (SSSR count). The molecule has 2 aromatic carbocycles. The predicted octanol–water partition coefficient (Wildman–Crippen LogP) is 2.65. The quantitative estimate of drug-likeness (QED) is 0.614. The standard InChI is InChI=1S/C17H15BO2/c1-20-12-8-6-11(7-9-12)10-15-16(18)13-4-2-3-5-14(13)17(15)19/h2-10,16H,18H2,1H3/b15-10+. The van der Waals surface area contributed by atoms with E-state index in [1.165, 1.54) is 0 Å². The molecule has 1 aliphatic carbocycles. The Morgan fingerprint density at radius 2 is 1.80 bits per heavy atom. The van der Waals surface area contributed by atoms with Crippen LogP contribution in [0.15, 0.2) is 54.1 Å². The van der Waals surface area contributed by atoms with Gasteiger partial charge in [-0.1, -0.05) is 36.4 Å². The maximum absolute atomic E-state index is 12.4. The van der Waals surface area contributed by atoms with E-state index in [0.717, 1.165) is 28.0 Å². The van der Waals surface area contributed by atoms with E-state index in [-0.39, 0.29) is 11.6 Å². The molecule has 0 heterocycles. The number of allylic oxidation sites excluding steroid dienone is 1. The number of fused-ring (bicyclic) bond motifs is 1. The van der Waals surface area contributed by atoms with Crippen LogP contribution in [0.3, 0.4) is 0 Å². The van der Waals surface area contributed by atoms with Crippen LogP contribution in [0, 0.1) is 0 Å². The average molecular weight is 262 g/mol. The maximum Gasteiger partial charge on any atom is 0.189 e. The Labute approximate surface area is 119 Å². The lowest BCUT2D eigenvalue weighted by Gasteiger charge is -2.05. The minimum absolute atomic E-state index is 0.143. The Balaban J connectivity index is 1.99. The zero-order valence-corrected chi connectivity index (χ0v) is 11.6. The molecule has 0 aromatic heterocycles. The normalized spacial score (nSPS) is 19.1. The number of ketones is 1. The molecule has 0 spiro atoms. The fourth-order valence-electron chi connectivity index (χ4n) is 2.67. The monoisotopic (exact) mass is 262 g/mol. The Morgan fingerprint density at radius 1 is 1.10 bits per heavy atom. The SMILES string of the molecule is BC1/C(=C\c2ccc(OC)cc2)C(=O)c2ccccc21. The molecule has 0 N–H and O–H groups in total. The maximum atomic E-state index is 12.4. The van der Waals surface area contributed by atoms with Gasteiger partial charge in [-0.05, 0) is 35.2 Å². The third-order valence-electron chi connectivity index (χ3n) is 3.84. The van der Waals surface area contributed by atoms with Gasteiger partial charge in [0.05, 0.1) is 7.11 Å². The van der Waals surface area contributed by atoms with Crippen molar-refractivity contribution in [2.24, 2.45) is 0 Å². The van der Waals surface area contributed by atoms with Crippen molar-refractivity contribution in [2.75, 3.05) is 7.11 Å². The minimum atomic E-state index is 0.143. The van der Waals surface area contributed by atoms with Crippen LogP contribution in [0.2, 0.25) is 0 Å². The van der Waals surface area contributed by atoms with Crippen molar-refractivity contribution in [3.63, 3.8) is 0 Å². The number of rotatable bonds is 2. The molecule has 3 heteroatoms. The number of carbonyl (C=O) groups is 1. The molecule has 2 aromatic rings. The van der Waals surface area contributed by atoms with Gasteiger partial charge in [-0.2, -0.15) is 0 Å². The third-order valence-corrected chi connectivity index (χ3v) is 3.84. The first kappa shape index (κ1) is 12.7. The summed E-state index contributed by atoms with van der Waals surface area (Å²) >= 11 is 0. The first-order valence-corrected chi connectivity index (χ1v) is 6.70. The highest BCUT2D eigenvalue weighted by molar-refractivity contribution is 6.28. The van der Waals surface area contributed by atoms with Crippen LogP contribution < -0.4 is 4.74 Å². The highest BCUT2D eigenvalue weighted by Gasteiger charge is 2.30. The highest BCUT2D eigenvalue weighted by atomic mass is 16.5. The Hall–Kier alpha value is -2.29. The second kappa shape index (κ2) is 5.01. The van der Waals surface area contributed by atoms with Crippen LogP contribution in [-0.4, -0.2) is 20.7 Å². The molecule has 0 fully saturated rings. The summed E-state index contributed by atoms with van der Waals surface area (Å²) in [7, 11) is 3.73. The molecule has 0 radical (unpaired) electrons. The average Bonchev–Trinajstić information content (AvgIpc) is 2.74. The fourth-order valence-corrected chi connectivity index (χ4v) is 2.67. The van der Waals surface area contributed by atoms with Crippen LogP contribution in [0.1, 0.15) is 27.3 Å². The Bertz CT molecular complexity index is 686. The van der Waals surface area contributed by atoms with Crippen LogP contribution in [0.5, 0.6) is 5.75 Å². The van der Waals surface area contributed by atoms with Crippen LogP contribution in [0.25, 0.3) is 6.08 Å². The summed E-state index contributed by atoms with van der Waals surface area (Å²) in [6, 6.07) is 15.6. The summed E-state index contributed by atoms with van der Waals surface area (Å²) < 4.78 is 5.14. The van der Waals surface area contributed by atoms with Gasteiger partial charge >= 0.3 is 0 Å². The first-order valence-electron chi connectivity index (χ1n) is 6.70. The third kappa shape index (κ3) is 2.05. The predicted molar refractivity (Wildman–Crippen MR) is 83.0 cm³/mol. The largest absolute Gasteiger partial charge is 0.497 e. The molecule has 20 heavy (non-hydrogen) atoms. The van der Waals surface area contributed by atoms with E-state index in [1.807, 2.05) is 54.6 Å². The Morgan fingerprint density at radius 3 is 2.45 bits per heavy atom. The smallest absolute Gasteiger partial charge is 0.189 e. The van der Waals surface area contributed by atoms with Gasteiger partial charge in [-0.3, -0.25) is 4.79 Å². The second-order valence-corrected chi connectivity index (χ2v) is 5.01. The van der Waals surface area contributed by atoms with Gasteiger partial charge in [0.1, 0.15) is 13.6 Å². The minimum Gasteiger partial charge on any atom is -0.497 e. The van der Waals surface area contributed by atoms with Crippen molar-refractivity contribution in [3.05, 3.63) is 70.8 Å². The molecule has 0 saturated heterocycles. The van der Waals surface area contributed by atoms with E-state index in [1.54, 1.807) is 7.11 Å². The first-order chi connectivity index (χ1) is 9.70. The molecular formula is C17H15BO2. The summed E-state index contributed by atoms with van der Waals surface area (Å²) in [4.78, 5) is 12.4. The summed E-state index contributed by atoms with van der Waals surface area (Å²) in [6.07, 6.45) is 1.98. The van der Waals surface area contributed by atoms with Crippen molar-refractivity contribution >= 4 is 19.7 Å². The molecular weight excluding hydrogens is 247 g/mol. The Kier molecular flexibility index (Phi) is 3.19. The van der Waals surface area contributed by atoms with Gasteiger partial charge in [0.25, 0.3) is 0 Å². The molecule has 0 saturated carbocycles. The van der Waals surface area contributed by atoms with E-state index in [0.29, 0.717) is 0 Å². The lowest BCUT2D eigenvalue weighted by atomic mass is 9.79. The van der Waals surface area contributed by atoms with Crippen LogP contribution in [-0.2, 0) is 0 Å². The summed E-state index contributed by atoms with van der Waals surface area (Å²) in [6.45, 7) is 0. The number of benzene rings is 2. The van der Waals surface area contributed by atoms with Gasteiger partial charge in [-0.15, -0.1) is 0 Å². The van der Waals surface area contributed by atoms with Crippen molar-refractivity contribution < 1.29 is 9.53 Å². The molecule has 1 atom stereocenters. The number of hydrogen-bond acceptors (Lipinski definition) is 2. The molecule has 2 nitrogen and oxygen atoms in total. The van der Waals surface area contributed by atoms with Gasteiger partial charge < -0.3 is 4.74 Å². The number of ether oxygens (including phenoxy) is 1. The van der Waals surface area contributed by atoms with E-state index in [4.69, 9.17) is 4.74 Å². The van der Waals surface area contributed by atoms with Crippen molar-refractivity contribution in [1.29, 1.82) is 0 Å². The summed E-state index contributed by atoms with van der Waals surface area (Å²) in [5.41, 5.74) is 3.84. The van der Waals surface area contributed by atoms with Gasteiger partial charge in [0.2, 0.25) is 0 Å². The van der Waals surface area contributed by atoms with E-state index in [2.05, 4.69) is 7.85 Å². The lowest BCUT2D eigenvalue weighted by molar-refractivity contribution is 0.104. The number of hydrogen-bond donors (Lipinski definition) is 0. The second-order valence-electron chi connectivity index (χ2n) is 5.01. The molecule has 1 aliphatic rings. The van der Waals surface area contributed by atoms with E-state index >= 15 is 0 Å². The van der Waals surface area contributed by atoms with E-state index < -0.39 is 0 Å². The van der Waals surface area contributed by atoms with Crippen LogP contribution >= 0.6 is 0 Å². The van der Waals surface area contributed by atoms with Crippen LogP contribution in [0.4, 0.5) is 0 Å². The number of Topliss-reactive ketones (excluding diaryl/α,β-unsaturated/α-hetero) is 1.